The number of aliphatic imine (C=N–C) groups is 1. The van der Waals surface area contributed by atoms with Crippen LogP contribution in [0.3, 0.4) is 0 Å². The van der Waals surface area contributed by atoms with Gasteiger partial charge in [0, 0.05) is 25.7 Å². The summed E-state index contributed by atoms with van der Waals surface area (Å²) in [6.07, 6.45) is 0.148. The normalized spacial score (nSPS) is 11.1. The third-order valence-electron chi connectivity index (χ3n) is 3.90. The van der Waals surface area contributed by atoms with Gasteiger partial charge in [-0.2, -0.15) is 0 Å². The van der Waals surface area contributed by atoms with E-state index in [2.05, 4.69) is 39.9 Å². The van der Waals surface area contributed by atoms with Crippen molar-refractivity contribution < 1.29 is 13.7 Å². The van der Waals surface area contributed by atoms with Gasteiger partial charge in [-0.1, -0.05) is 31.1 Å². The fourth-order valence-corrected chi connectivity index (χ4v) is 2.45. The summed E-state index contributed by atoms with van der Waals surface area (Å²) in [6.45, 7) is 8.11. The fourth-order valence-electron chi connectivity index (χ4n) is 2.45. The van der Waals surface area contributed by atoms with Crippen LogP contribution in [0.15, 0.2) is 39.8 Å². The van der Waals surface area contributed by atoms with Gasteiger partial charge in [-0.05, 0) is 30.5 Å². The maximum atomic E-state index is 13.1. The SMILES string of the molecule is CCNC(=NCc1cc(C(C)C)no1)NCCNC(=O)Cc1cccc(F)c1.I. The molecule has 9 heteroatoms. The zero-order valence-electron chi connectivity index (χ0n) is 17.0. The molecular weight excluding hydrogens is 488 g/mol. The Kier molecular flexibility index (Phi) is 11.3. The molecule has 0 spiro atoms. The van der Waals surface area contributed by atoms with Crippen LogP contribution in [-0.2, 0) is 17.8 Å². The molecule has 0 unspecified atom stereocenters. The van der Waals surface area contributed by atoms with Crippen LogP contribution < -0.4 is 16.0 Å². The van der Waals surface area contributed by atoms with Crippen LogP contribution in [0.1, 0.15) is 43.7 Å². The summed E-state index contributed by atoms with van der Waals surface area (Å²) in [4.78, 5) is 16.4. The summed E-state index contributed by atoms with van der Waals surface area (Å²) in [5, 5.41) is 13.1. The Morgan fingerprint density at radius 3 is 2.62 bits per heavy atom. The van der Waals surface area contributed by atoms with Crippen molar-refractivity contribution in [3.63, 3.8) is 0 Å². The number of carbonyl (C=O) groups is 1. The van der Waals surface area contributed by atoms with Crippen LogP contribution in [0.25, 0.3) is 0 Å². The van der Waals surface area contributed by atoms with Crippen molar-refractivity contribution >= 4 is 35.8 Å². The van der Waals surface area contributed by atoms with E-state index in [1.807, 2.05) is 13.0 Å². The predicted octanol–water partition coefficient (Wildman–Crippen LogP) is 2.97. The molecule has 0 aliphatic carbocycles. The number of nitrogens with zero attached hydrogens (tertiary/aromatic N) is 2. The van der Waals surface area contributed by atoms with Gasteiger partial charge in [0.1, 0.15) is 12.4 Å². The second-order valence-corrected chi connectivity index (χ2v) is 6.65. The molecule has 1 amide bonds. The first-order valence-corrected chi connectivity index (χ1v) is 9.46. The minimum atomic E-state index is -0.342. The molecule has 1 heterocycles. The molecule has 3 N–H and O–H groups in total. The molecule has 0 aliphatic heterocycles. The highest BCUT2D eigenvalue weighted by Gasteiger charge is 2.08. The smallest absolute Gasteiger partial charge is 0.224 e. The molecule has 29 heavy (non-hydrogen) atoms. The third kappa shape index (κ3) is 9.25. The largest absolute Gasteiger partial charge is 0.359 e. The maximum absolute atomic E-state index is 13.1. The van der Waals surface area contributed by atoms with Crippen molar-refractivity contribution in [3.8, 4) is 0 Å². The number of guanidine groups is 1. The summed E-state index contributed by atoms with van der Waals surface area (Å²) in [5.41, 5.74) is 1.55. The van der Waals surface area contributed by atoms with Gasteiger partial charge in [0.25, 0.3) is 0 Å². The van der Waals surface area contributed by atoms with Crippen LogP contribution in [0, 0.1) is 5.82 Å². The van der Waals surface area contributed by atoms with E-state index in [4.69, 9.17) is 4.52 Å². The number of hydrogen-bond donors (Lipinski definition) is 3. The number of hydrogen-bond acceptors (Lipinski definition) is 4. The molecule has 2 rings (SSSR count). The third-order valence-corrected chi connectivity index (χ3v) is 3.90. The van der Waals surface area contributed by atoms with Crippen molar-refractivity contribution in [2.75, 3.05) is 19.6 Å². The van der Waals surface area contributed by atoms with E-state index in [-0.39, 0.29) is 42.1 Å². The second kappa shape index (κ2) is 13.1. The summed E-state index contributed by atoms with van der Waals surface area (Å²) in [6, 6.07) is 7.95. The first kappa shape index (κ1) is 24.9. The molecule has 0 radical (unpaired) electrons. The minimum Gasteiger partial charge on any atom is -0.359 e. The number of aromatic nitrogens is 1. The molecule has 160 valence electrons. The van der Waals surface area contributed by atoms with E-state index in [9.17, 15) is 9.18 Å². The van der Waals surface area contributed by atoms with E-state index in [1.54, 1.807) is 12.1 Å². The number of rotatable bonds is 9. The van der Waals surface area contributed by atoms with Crippen molar-refractivity contribution in [2.24, 2.45) is 4.99 Å². The quantitative estimate of drug-likeness (QED) is 0.206. The highest BCUT2D eigenvalue weighted by atomic mass is 127. The standard InChI is InChI=1S/C20H28FN5O2.HI/c1-4-22-20(25-13-17-12-18(14(2)3)26-28-17)24-9-8-23-19(27)11-15-6-5-7-16(21)10-15;/h5-7,10,12,14H,4,8-9,11,13H2,1-3H3,(H,23,27)(H2,22,24,25);1H. The number of benzene rings is 1. The first-order chi connectivity index (χ1) is 13.5. The van der Waals surface area contributed by atoms with E-state index in [0.717, 1.165) is 5.69 Å². The Hall–Kier alpha value is -2.17. The molecule has 0 fully saturated rings. The summed E-state index contributed by atoms with van der Waals surface area (Å²) in [5.74, 6) is 1.14. The van der Waals surface area contributed by atoms with E-state index in [0.29, 0.717) is 49.4 Å². The van der Waals surface area contributed by atoms with Crippen molar-refractivity contribution in [1.29, 1.82) is 0 Å². The van der Waals surface area contributed by atoms with Crippen LogP contribution >= 0.6 is 24.0 Å². The van der Waals surface area contributed by atoms with E-state index >= 15 is 0 Å². The molecule has 7 nitrogen and oxygen atoms in total. The van der Waals surface area contributed by atoms with Gasteiger partial charge in [0.05, 0.1) is 12.1 Å². The number of carbonyl (C=O) groups excluding carboxylic acids is 1. The molecule has 0 aliphatic rings. The highest BCUT2D eigenvalue weighted by molar-refractivity contribution is 14.0. The van der Waals surface area contributed by atoms with Crippen LogP contribution in [-0.4, -0.2) is 36.7 Å². The van der Waals surface area contributed by atoms with Crippen LogP contribution in [0.2, 0.25) is 0 Å². The zero-order chi connectivity index (χ0) is 20.4. The minimum absolute atomic E-state index is 0. The van der Waals surface area contributed by atoms with Crippen LogP contribution in [0.4, 0.5) is 4.39 Å². The van der Waals surface area contributed by atoms with Gasteiger partial charge < -0.3 is 20.5 Å². The van der Waals surface area contributed by atoms with Gasteiger partial charge >= 0.3 is 0 Å². The molecule has 0 saturated heterocycles. The highest BCUT2D eigenvalue weighted by Crippen LogP contribution is 2.14. The van der Waals surface area contributed by atoms with Gasteiger partial charge in [-0.25, -0.2) is 9.38 Å². The Balaban J connectivity index is 0.00000420. The lowest BCUT2D eigenvalue weighted by Crippen LogP contribution is -2.41. The summed E-state index contributed by atoms with van der Waals surface area (Å²) >= 11 is 0. The number of amides is 1. The van der Waals surface area contributed by atoms with Crippen molar-refractivity contribution in [3.05, 3.63) is 53.2 Å². The lowest BCUT2D eigenvalue weighted by atomic mass is 10.1. The molecule has 1 aromatic heterocycles. The topological polar surface area (TPSA) is 91.6 Å². The number of nitrogens with one attached hydrogen (secondary N) is 3. The Morgan fingerprint density at radius 2 is 1.97 bits per heavy atom. The monoisotopic (exact) mass is 517 g/mol. The molecule has 0 saturated carbocycles. The average molecular weight is 517 g/mol. The van der Waals surface area contributed by atoms with Gasteiger partial charge in [-0.15, -0.1) is 24.0 Å². The predicted molar refractivity (Wildman–Crippen MR) is 122 cm³/mol. The average Bonchev–Trinajstić information content (AvgIpc) is 3.12. The fraction of sp³-hybridized carbons (Fsp3) is 0.450. The summed E-state index contributed by atoms with van der Waals surface area (Å²) in [7, 11) is 0. The van der Waals surface area contributed by atoms with E-state index < -0.39 is 0 Å². The zero-order valence-corrected chi connectivity index (χ0v) is 19.3. The second-order valence-electron chi connectivity index (χ2n) is 6.65. The van der Waals surface area contributed by atoms with Gasteiger partial charge in [0.15, 0.2) is 11.7 Å². The van der Waals surface area contributed by atoms with Gasteiger partial charge in [0.2, 0.25) is 5.91 Å². The molecule has 0 bridgehead atoms. The molecule has 0 atom stereocenters. The van der Waals surface area contributed by atoms with Gasteiger partial charge in [-0.3, -0.25) is 4.79 Å². The Labute approximate surface area is 187 Å². The first-order valence-electron chi connectivity index (χ1n) is 9.46. The lowest BCUT2D eigenvalue weighted by molar-refractivity contribution is -0.120. The Bertz CT molecular complexity index is 795. The van der Waals surface area contributed by atoms with E-state index in [1.165, 1.54) is 12.1 Å². The van der Waals surface area contributed by atoms with Crippen molar-refractivity contribution in [2.45, 2.75) is 39.7 Å². The molecular formula is C20H29FIN5O2. The lowest BCUT2D eigenvalue weighted by Gasteiger charge is -2.11. The van der Waals surface area contributed by atoms with Crippen LogP contribution in [0.5, 0.6) is 0 Å². The maximum Gasteiger partial charge on any atom is 0.224 e. The molecule has 1 aromatic carbocycles. The Morgan fingerprint density at radius 1 is 1.21 bits per heavy atom. The number of halogens is 2. The molecule has 2 aromatic rings. The summed E-state index contributed by atoms with van der Waals surface area (Å²) < 4.78 is 18.4. The van der Waals surface area contributed by atoms with Crippen molar-refractivity contribution in [1.82, 2.24) is 21.1 Å².